The quantitative estimate of drug-likeness (QED) is 0.448. The number of carbonyl (C=O) groups is 1. The fraction of sp³-hybridized carbons (Fsp3) is 0.909. The van der Waals surface area contributed by atoms with E-state index in [2.05, 4.69) is 13.8 Å². The molecule has 0 aliphatic rings. The minimum absolute atomic E-state index is 0.195. The van der Waals surface area contributed by atoms with E-state index in [1.54, 1.807) is 0 Å². The van der Waals surface area contributed by atoms with Crippen molar-refractivity contribution in [2.45, 2.75) is 40.0 Å². The third-order valence-electron chi connectivity index (χ3n) is 1.91. The molecule has 0 aromatic rings. The average molecular weight is 202 g/mol. The Kier molecular flexibility index (Phi) is 8.64. The minimum atomic E-state index is -0.195. The summed E-state index contributed by atoms with van der Waals surface area (Å²) in [4.78, 5) is 10.5. The Morgan fingerprint density at radius 3 is 2.64 bits per heavy atom. The van der Waals surface area contributed by atoms with Crippen LogP contribution in [-0.4, -0.2) is 25.8 Å². The van der Waals surface area contributed by atoms with E-state index in [0.717, 1.165) is 32.5 Å². The highest BCUT2D eigenvalue weighted by molar-refractivity contribution is 5.65. The van der Waals surface area contributed by atoms with Gasteiger partial charge in [0.05, 0.1) is 6.61 Å². The second-order valence-electron chi connectivity index (χ2n) is 3.66. The Hall–Kier alpha value is -0.570. The average Bonchev–Trinajstić information content (AvgIpc) is 2.14. The van der Waals surface area contributed by atoms with Crippen molar-refractivity contribution in [1.82, 2.24) is 0 Å². The highest BCUT2D eigenvalue weighted by Gasteiger charge is 2.03. The molecule has 0 saturated heterocycles. The summed E-state index contributed by atoms with van der Waals surface area (Å²) in [6, 6.07) is 0. The molecule has 3 nitrogen and oxygen atoms in total. The van der Waals surface area contributed by atoms with Crippen LogP contribution in [0.1, 0.15) is 40.0 Å². The summed E-state index contributed by atoms with van der Waals surface area (Å²) in [5.41, 5.74) is 0. The molecule has 0 heterocycles. The first kappa shape index (κ1) is 13.4. The Balaban J connectivity index is 3.18. The molecule has 14 heavy (non-hydrogen) atoms. The van der Waals surface area contributed by atoms with Gasteiger partial charge in [-0.3, -0.25) is 4.79 Å². The molecule has 0 saturated carbocycles. The van der Waals surface area contributed by atoms with Crippen LogP contribution in [0.25, 0.3) is 0 Å². The van der Waals surface area contributed by atoms with Gasteiger partial charge in [0.2, 0.25) is 0 Å². The molecule has 1 atom stereocenters. The molecule has 0 aromatic carbocycles. The summed E-state index contributed by atoms with van der Waals surface area (Å²) in [5, 5.41) is 0. The standard InChI is InChI=1S/C11H22O3/c1-4-7-13-8-5-6-10(2)9-14-11(3)12/h10H,4-9H2,1-3H3. The third-order valence-corrected chi connectivity index (χ3v) is 1.91. The summed E-state index contributed by atoms with van der Waals surface area (Å²) in [6.07, 6.45) is 3.17. The van der Waals surface area contributed by atoms with Crippen LogP contribution in [0.4, 0.5) is 0 Å². The molecule has 0 amide bonds. The van der Waals surface area contributed by atoms with Crippen LogP contribution in [0.3, 0.4) is 0 Å². The van der Waals surface area contributed by atoms with Crippen molar-refractivity contribution >= 4 is 5.97 Å². The van der Waals surface area contributed by atoms with Gasteiger partial charge in [-0.15, -0.1) is 0 Å². The van der Waals surface area contributed by atoms with Crippen molar-refractivity contribution in [2.24, 2.45) is 5.92 Å². The molecule has 1 unspecified atom stereocenters. The summed E-state index contributed by atoms with van der Waals surface area (Å²) in [7, 11) is 0. The summed E-state index contributed by atoms with van der Waals surface area (Å²) in [5.74, 6) is 0.239. The van der Waals surface area contributed by atoms with Crippen LogP contribution < -0.4 is 0 Å². The smallest absolute Gasteiger partial charge is 0.302 e. The predicted octanol–water partition coefficient (Wildman–Crippen LogP) is 2.39. The topological polar surface area (TPSA) is 35.5 Å². The van der Waals surface area contributed by atoms with Gasteiger partial charge in [0.25, 0.3) is 0 Å². The first-order chi connectivity index (χ1) is 6.66. The fourth-order valence-corrected chi connectivity index (χ4v) is 1.12. The molecule has 0 spiro atoms. The highest BCUT2D eigenvalue weighted by atomic mass is 16.5. The molecule has 0 aliphatic heterocycles. The van der Waals surface area contributed by atoms with Crippen molar-refractivity contribution in [3.05, 3.63) is 0 Å². The molecule has 0 rings (SSSR count). The van der Waals surface area contributed by atoms with Gasteiger partial charge >= 0.3 is 5.97 Å². The number of carbonyl (C=O) groups excluding carboxylic acids is 1. The maximum Gasteiger partial charge on any atom is 0.302 e. The lowest BCUT2D eigenvalue weighted by molar-refractivity contribution is -0.142. The van der Waals surface area contributed by atoms with Crippen molar-refractivity contribution in [2.75, 3.05) is 19.8 Å². The van der Waals surface area contributed by atoms with Gasteiger partial charge < -0.3 is 9.47 Å². The van der Waals surface area contributed by atoms with E-state index in [-0.39, 0.29) is 5.97 Å². The van der Waals surface area contributed by atoms with E-state index >= 15 is 0 Å². The van der Waals surface area contributed by atoms with Crippen LogP contribution in [0, 0.1) is 5.92 Å². The van der Waals surface area contributed by atoms with Crippen LogP contribution in [0.15, 0.2) is 0 Å². The molecule has 0 N–H and O–H groups in total. The Morgan fingerprint density at radius 1 is 1.36 bits per heavy atom. The molecule has 0 bridgehead atoms. The molecule has 0 aliphatic carbocycles. The Labute approximate surface area is 86.8 Å². The van der Waals surface area contributed by atoms with Gasteiger partial charge in [-0.2, -0.15) is 0 Å². The van der Waals surface area contributed by atoms with Crippen LogP contribution in [0.2, 0.25) is 0 Å². The maximum absolute atomic E-state index is 10.5. The number of hydrogen-bond acceptors (Lipinski definition) is 3. The zero-order valence-corrected chi connectivity index (χ0v) is 9.54. The van der Waals surface area contributed by atoms with Crippen molar-refractivity contribution in [3.8, 4) is 0 Å². The Bertz CT molecular complexity index is 145. The van der Waals surface area contributed by atoms with Crippen molar-refractivity contribution in [3.63, 3.8) is 0 Å². The lowest BCUT2D eigenvalue weighted by Gasteiger charge is -2.10. The van der Waals surface area contributed by atoms with Gasteiger partial charge in [-0.05, 0) is 25.2 Å². The fourth-order valence-electron chi connectivity index (χ4n) is 1.12. The summed E-state index contributed by atoms with van der Waals surface area (Å²) >= 11 is 0. The normalized spacial score (nSPS) is 12.5. The largest absolute Gasteiger partial charge is 0.466 e. The van der Waals surface area contributed by atoms with E-state index in [4.69, 9.17) is 9.47 Å². The highest BCUT2D eigenvalue weighted by Crippen LogP contribution is 2.06. The third kappa shape index (κ3) is 9.52. The van der Waals surface area contributed by atoms with Crippen molar-refractivity contribution in [1.29, 1.82) is 0 Å². The Morgan fingerprint density at radius 2 is 2.07 bits per heavy atom. The van der Waals surface area contributed by atoms with Gasteiger partial charge in [0, 0.05) is 20.1 Å². The van der Waals surface area contributed by atoms with Gasteiger partial charge in [-0.25, -0.2) is 0 Å². The lowest BCUT2D eigenvalue weighted by Crippen LogP contribution is -2.10. The second kappa shape index (κ2) is 9.00. The monoisotopic (exact) mass is 202 g/mol. The molecule has 0 radical (unpaired) electrons. The van der Waals surface area contributed by atoms with Gasteiger partial charge in [-0.1, -0.05) is 13.8 Å². The van der Waals surface area contributed by atoms with E-state index in [1.165, 1.54) is 6.92 Å². The van der Waals surface area contributed by atoms with E-state index in [9.17, 15) is 4.79 Å². The van der Waals surface area contributed by atoms with Crippen LogP contribution in [0.5, 0.6) is 0 Å². The minimum Gasteiger partial charge on any atom is -0.466 e. The molecule has 0 aromatic heterocycles. The first-order valence-corrected chi connectivity index (χ1v) is 5.38. The zero-order valence-electron chi connectivity index (χ0n) is 9.54. The van der Waals surface area contributed by atoms with Crippen molar-refractivity contribution < 1.29 is 14.3 Å². The van der Waals surface area contributed by atoms with Crippen LogP contribution >= 0.6 is 0 Å². The van der Waals surface area contributed by atoms with Gasteiger partial charge in [0.15, 0.2) is 0 Å². The predicted molar refractivity (Wildman–Crippen MR) is 56.1 cm³/mol. The lowest BCUT2D eigenvalue weighted by atomic mass is 10.1. The second-order valence-corrected chi connectivity index (χ2v) is 3.66. The zero-order chi connectivity index (χ0) is 10.8. The molecular formula is C11H22O3. The van der Waals surface area contributed by atoms with E-state index in [0.29, 0.717) is 12.5 Å². The maximum atomic E-state index is 10.5. The summed E-state index contributed by atoms with van der Waals surface area (Å²) in [6.45, 7) is 7.82. The summed E-state index contributed by atoms with van der Waals surface area (Å²) < 4.78 is 10.3. The van der Waals surface area contributed by atoms with Crippen LogP contribution in [-0.2, 0) is 14.3 Å². The number of ether oxygens (including phenoxy) is 2. The number of esters is 1. The van der Waals surface area contributed by atoms with E-state index < -0.39 is 0 Å². The first-order valence-electron chi connectivity index (χ1n) is 5.38. The molecule has 3 heteroatoms. The number of rotatable bonds is 8. The molecular weight excluding hydrogens is 180 g/mol. The molecule has 0 fully saturated rings. The van der Waals surface area contributed by atoms with Gasteiger partial charge in [0.1, 0.15) is 0 Å². The molecule has 84 valence electrons. The number of hydrogen-bond donors (Lipinski definition) is 0. The van der Waals surface area contributed by atoms with E-state index in [1.807, 2.05) is 0 Å². The SMILES string of the molecule is CCCOCCCC(C)COC(C)=O.